The average molecular weight is 402 g/mol. The molecule has 2 heterocycles. The molecule has 5 nitrogen and oxygen atoms in total. The van der Waals surface area contributed by atoms with Gasteiger partial charge in [-0.1, -0.05) is 17.7 Å². The number of halogens is 4. The number of hydrogen-bond donors (Lipinski definition) is 2. The van der Waals surface area contributed by atoms with Crippen LogP contribution in [-0.2, 0) is 12.7 Å². The lowest BCUT2D eigenvalue weighted by atomic mass is 10.1. The standard InChI is InChI=1S/C18H19ClF3N3O2/c1-11-6-12(16(27)15(26)7-11)10-24-2-4-25(5-3-24)17-14(19)8-13(9-23-17)18(20,21)22/h6-9,26-27H,2-5,10H2,1H3. The highest BCUT2D eigenvalue weighted by Crippen LogP contribution is 2.34. The van der Waals surface area contributed by atoms with E-state index in [1.807, 2.05) is 17.9 Å². The van der Waals surface area contributed by atoms with Crippen LogP contribution < -0.4 is 4.90 Å². The average Bonchev–Trinajstić information content (AvgIpc) is 2.59. The molecule has 1 saturated heterocycles. The highest BCUT2D eigenvalue weighted by atomic mass is 35.5. The Morgan fingerprint density at radius 1 is 1.11 bits per heavy atom. The minimum absolute atomic E-state index is 0.0282. The summed E-state index contributed by atoms with van der Waals surface area (Å²) in [6, 6.07) is 4.20. The summed E-state index contributed by atoms with van der Waals surface area (Å²) < 4.78 is 38.2. The first-order chi connectivity index (χ1) is 12.6. The zero-order valence-corrected chi connectivity index (χ0v) is 15.3. The minimum Gasteiger partial charge on any atom is -0.504 e. The third-order valence-corrected chi connectivity index (χ3v) is 4.81. The van der Waals surface area contributed by atoms with Crippen molar-refractivity contribution in [2.45, 2.75) is 19.6 Å². The summed E-state index contributed by atoms with van der Waals surface area (Å²) in [5.74, 6) is 0.0558. The lowest BCUT2D eigenvalue weighted by Crippen LogP contribution is -2.46. The summed E-state index contributed by atoms with van der Waals surface area (Å²) in [6.07, 6.45) is -3.68. The van der Waals surface area contributed by atoms with Gasteiger partial charge in [0, 0.05) is 44.5 Å². The van der Waals surface area contributed by atoms with Gasteiger partial charge in [-0.05, 0) is 24.6 Å². The van der Waals surface area contributed by atoms with Gasteiger partial charge in [0.25, 0.3) is 0 Å². The highest BCUT2D eigenvalue weighted by Gasteiger charge is 2.32. The van der Waals surface area contributed by atoms with E-state index in [0.29, 0.717) is 44.1 Å². The number of aromatic nitrogens is 1. The van der Waals surface area contributed by atoms with Crippen molar-refractivity contribution in [1.29, 1.82) is 0 Å². The Kier molecular flexibility index (Phi) is 5.39. The molecule has 1 aliphatic rings. The van der Waals surface area contributed by atoms with Gasteiger partial charge in [-0.2, -0.15) is 13.2 Å². The van der Waals surface area contributed by atoms with E-state index in [2.05, 4.69) is 9.88 Å². The highest BCUT2D eigenvalue weighted by molar-refractivity contribution is 6.33. The van der Waals surface area contributed by atoms with Crippen molar-refractivity contribution in [2.75, 3.05) is 31.1 Å². The molecule has 2 aromatic rings. The van der Waals surface area contributed by atoms with Crippen molar-refractivity contribution in [3.63, 3.8) is 0 Å². The minimum atomic E-state index is -4.48. The number of piperazine rings is 1. The van der Waals surface area contributed by atoms with Gasteiger partial charge < -0.3 is 15.1 Å². The number of aromatic hydroxyl groups is 2. The molecule has 0 atom stereocenters. The van der Waals surface area contributed by atoms with Crippen LogP contribution in [0.15, 0.2) is 24.4 Å². The zero-order chi connectivity index (χ0) is 19.8. The topological polar surface area (TPSA) is 59.8 Å². The molecular weight excluding hydrogens is 383 g/mol. The van der Waals surface area contributed by atoms with Gasteiger partial charge in [0.1, 0.15) is 5.82 Å². The van der Waals surface area contributed by atoms with Crippen molar-refractivity contribution in [3.05, 3.63) is 46.1 Å². The predicted octanol–water partition coefficient (Wildman–Crippen LogP) is 3.80. The van der Waals surface area contributed by atoms with E-state index in [1.54, 1.807) is 0 Å². The van der Waals surface area contributed by atoms with Crippen LogP contribution in [0.25, 0.3) is 0 Å². The molecule has 0 bridgehead atoms. The van der Waals surface area contributed by atoms with Crippen LogP contribution in [0.5, 0.6) is 11.5 Å². The Bertz CT molecular complexity index is 837. The molecule has 27 heavy (non-hydrogen) atoms. The summed E-state index contributed by atoms with van der Waals surface area (Å²) in [7, 11) is 0. The van der Waals surface area contributed by atoms with Crippen molar-refractivity contribution in [1.82, 2.24) is 9.88 Å². The van der Waals surface area contributed by atoms with E-state index in [0.717, 1.165) is 17.8 Å². The van der Waals surface area contributed by atoms with Crippen molar-refractivity contribution in [2.24, 2.45) is 0 Å². The van der Waals surface area contributed by atoms with Crippen LogP contribution in [0, 0.1) is 6.92 Å². The molecule has 0 radical (unpaired) electrons. The SMILES string of the molecule is Cc1cc(O)c(O)c(CN2CCN(c3ncc(C(F)(F)F)cc3Cl)CC2)c1. The fraction of sp³-hybridized carbons (Fsp3) is 0.389. The fourth-order valence-corrected chi connectivity index (χ4v) is 3.42. The first-order valence-electron chi connectivity index (χ1n) is 8.36. The summed E-state index contributed by atoms with van der Waals surface area (Å²) in [5.41, 5.74) is 0.607. The predicted molar refractivity (Wildman–Crippen MR) is 96.2 cm³/mol. The van der Waals surface area contributed by atoms with Gasteiger partial charge in [-0.15, -0.1) is 0 Å². The van der Waals surface area contributed by atoms with Gasteiger partial charge in [-0.3, -0.25) is 4.90 Å². The number of nitrogens with zero attached hydrogens (tertiary/aromatic N) is 3. The number of pyridine rings is 1. The van der Waals surface area contributed by atoms with E-state index >= 15 is 0 Å². The number of phenolic OH excluding ortho intramolecular Hbond substituents is 2. The van der Waals surface area contributed by atoms with Crippen molar-refractivity contribution < 1.29 is 23.4 Å². The summed E-state index contributed by atoms with van der Waals surface area (Å²) in [4.78, 5) is 7.82. The number of alkyl halides is 3. The molecule has 146 valence electrons. The van der Waals surface area contributed by atoms with E-state index in [-0.39, 0.29) is 16.5 Å². The second-order valence-corrected chi connectivity index (χ2v) is 6.99. The summed E-state index contributed by atoms with van der Waals surface area (Å²) >= 11 is 6.01. The summed E-state index contributed by atoms with van der Waals surface area (Å²) in [5, 5.41) is 19.7. The van der Waals surface area contributed by atoms with Gasteiger partial charge in [-0.25, -0.2) is 4.98 Å². The quantitative estimate of drug-likeness (QED) is 0.766. The van der Waals surface area contributed by atoms with E-state index < -0.39 is 11.7 Å². The molecule has 2 N–H and O–H groups in total. The number of rotatable bonds is 3. The first-order valence-corrected chi connectivity index (χ1v) is 8.74. The molecule has 0 aliphatic carbocycles. The molecule has 0 saturated carbocycles. The molecule has 0 unspecified atom stereocenters. The number of hydrogen-bond acceptors (Lipinski definition) is 5. The van der Waals surface area contributed by atoms with Crippen LogP contribution >= 0.6 is 11.6 Å². The lowest BCUT2D eigenvalue weighted by molar-refractivity contribution is -0.137. The molecule has 1 aromatic heterocycles. The Morgan fingerprint density at radius 3 is 2.37 bits per heavy atom. The van der Waals surface area contributed by atoms with Crippen LogP contribution in [-0.4, -0.2) is 46.3 Å². The second-order valence-electron chi connectivity index (χ2n) is 6.58. The molecule has 0 amide bonds. The Morgan fingerprint density at radius 2 is 1.78 bits per heavy atom. The zero-order valence-electron chi connectivity index (χ0n) is 14.6. The van der Waals surface area contributed by atoms with Crippen LogP contribution in [0.4, 0.5) is 19.0 Å². The lowest BCUT2D eigenvalue weighted by Gasteiger charge is -2.36. The van der Waals surface area contributed by atoms with Gasteiger partial charge in [0.2, 0.25) is 0 Å². The largest absolute Gasteiger partial charge is 0.504 e. The molecule has 1 aromatic carbocycles. The maximum Gasteiger partial charge on any atom is 0.417 e. The maximum atomic E-state index is 12.7. The smallest absolute Gasteiger partial charge is 0.417 e. The van der Waals surface area contributed by atoms with E-state index in [9.17, 15) is 23.4 Å². The molecule has 1 aliphatic heterocycles. The van der Waals surface area contributed by atoms with Gasteiger partial charge in [0.15, 0.2) is 11.5 Å². The molecule has 1 fully saturated rings. The molecule has 3 rings (SSSR count). The van der Waals surface area contributed by atoms with Crippen molar-refractivity contribution >= 4 is 17.4 Å². The van der Waals surface area contributed by atoms with Crippen LogP contribution in [0.2, 0.25) is 5.02 Å². The molecular formula is C18H19ClF3N3O2. The number of aryl methyl sites for hydroxylation is 1. The Hall–Kier alpha value is -2.19. The third-order valence-electron chi connectivity index (χ3n) is 4.53. The second kappa shape index (κ2) is 7.44. The van der Waals surface area contributed by atoms with Gasteiger partial charge >= 0.3 is 6.18 Å². The molecule has 9 heteroatoms. The number of benzene rings is 1. The maximum absolute atomic E-state index is 12.7. The number of anilines is 1. The monoisotopic (exact) mass is 401 g/mol. The molecule has 0 spiro atoms. The fourth-order valence-electron chi connectivity index (χ4n) is 3.13. The van der Waals surface area contributed by atoms with Crippen LogP contribution in [0.1, 0.15) is 16.7 Å². The van der Waals surface area contributed by atoms with E-state index in [1.165, 1.54) is 6.07 Å². The van der Waals surface area contributed by atoms with Gasteiger partial charge in [0.05, 0.1) is 10.6 Å². The Balaban J connectivity index is 1.66. The number of phenols is 2. The summed E-state index contributed by atoms with van der Waals surface area (Å²) in [6.45, 7) is 4.61. The third kappa shape index (κ3) is 4.39. The van der Waals surface area contributed by atoms with E-state index in [4.69, 9.17) is 11.6 Å². The van der Waals surface area contributed by atoms with Crippen molar-refractivity contribution in [3.8, 4) is 11.5 Å². The first kappa shape index (κ1) is 19.6. The van der Waals surface area contributed by atoms with Crippen LogP contribution in [0.3, 0.4) is 0 Å². The normalized spacial score (nSPS) is 16.0. The Labute approximate surface area is 159 Å².